The van der Waals surface area contributed by atoms with Crippen molar-refractivity contribution in [2.75, 3.05) is 9.80 Å². The first kappa shape index (κ1) is 32.3. The Morgan fingerprint density at radius 3 is 0.673 bits per heavy atom. The molecule has 8 rings (SSSR count). The summed E-state index contributed by atoms with van der Waals surface area (Å²) in [5.74, 6) is 0. The molecule has 248 valence electrons. The van der Waals surface area contributed by atoms with Gasteiger partial charge in [-0.25, -0.2) is 0 Å². The highest BCUT2D eigenvalue weighted by atomic mass is 15.1. The topological polar surface area (TPSA) is 6.48 Å². The Bertz CT molecular complexity index is 2080. The molecule has 8 aromatic rings. The molecule has 0 N–H and O–H groups in total. The first-order valence-electron chi connectivity index (χ1n) is 17.7. The second kappa shape index (κ2) is 15.3. The van der Waals surface area contributed by atoms with Crippen LogP contribution in [0.3, 0.4) is 0 Å². The van der Waals surface area contributed by atoms with Gasteiger partial charge in [0.25, 0.3) is 0 Å². The molecule has 0 aliphatic rings. The van der Waals surface area contributed by atoms with E-state index in [1.165, 1.54) is 33.4 Å². The maximum absolute atomic E-state index is 2.28. The largest absolute Gasteiger partial charge is 0.311 e. The number of hydrogen-bond acceptors (Lipinski definition) is 2. The Balaban J connectivity index is 0.938. The molecule has 0 saturated carbocycles. The number of para-hydroxylation sites is 4. The van der Waals surface area contributed by atoms with E-state index in [0.717, 1.165) is 34.1 Å². The van der Waals surface area contributed by atoms with E-state index in [9.17, 15) is 0 Å². The van der Waals surface area contributed by atoms with Crippen molar-refractivity contribution >= 4 is 46.3 Å². The Morgan fingerprint density at radius 2 is 0.423 bits per heavy atom. The number of rotatable bonds is 10. The average Bonchev–Trinajstić information content (AvgIpc) is 3.23. The first-order chi connectivity index (χ1) is 25.8. The summed E-state index contributed by atoms with van der Waals surface area (Å²) in [6.07, 6.45) is 4.35. The van der Waals surface area contributed by atoms with E-state index in [-0.39, 0.29) is 0 Å². The summed E-state index contributed by atoms with van der Waals surface area (Å²) in [7, 11) is 0. The predicted octanol–water partition coefficient (Wildman–Crippen LogP) is 14.1. The van der Waals surface area contributed by atoms with Crippen LogP contribution in [0.25, 0.3) is 34.4 Å². The molecular formula is C50H38N2. The van der Waals surface area contributed by atoms with E-state index in [0.29, 0.717) is 0 Å². The van der Waals surface area contributed by atoms with Crippen LogP contribution < -0.4 is 9.80 Å². The highest BCUT2D eigenvalue weighted by Gasteiger charge is 2.13. The lowest BCUT2D eigenvalue weighted by molar-refractivity contribution is 1.28. The number of hydrogen-bond donors (Lipinski definition) is 0. The molecule has 0 heterocycles. The molecule has 0 unspecified atom stereocenters. The fourth-order valence-electron chi connectivity index (χ4n) is 6.57. The molecule has 0 saturated heterocycles. The van der Waals surface area contributed by atoms with E-state index >= 15 is 0 Å². The molecule has 2 nitrogen and oxygen atoms in total. The van der Waals surface area contributed by atoms with Gasteiger partial charge >= 0.3 is 0 Å². The second-order valence-electron chi connectivity index (χ2n) is 12.7. The molecule has 0 bridgehead atoms. The molecule has 0 radical (unpaired) electrons. The van der Waals surface area contributed by atoms with Crippen LogP contribution in [-0.4, -0.2) is 0 Å². The molecule has 0 spiro atoms. The quantitative estimate of drug-likeness (QED) is 0.134. The van der Waals surface area contributed by atoms with Crippen molar-refractivity contribution in [3.8, 4) is 22.3 Å². The van der Waals surface area contributed by atoms with Crippen molar-refractivity contribution in [3.05, 3.63) is 230 Å². The van der Waals surface area contributed by atoms with Gasteiger partial charge in [-0.15, -0.1) is 0 Å². The molecule has 0 fully saturated rings. The standard InChI is InChI=1S/C50H38N2/c1-5-13-45(14-6-1)51(46-15-7-2-8-16-46)49-35-31-43(32-36-49)41-27-23-39(24-28-41)21-22-40-25-29-42(30-26-40)44-33-37-50(38-34-44)52(47-17-9-3-10-18-47)48-19-11-4-12-20-48/h1-38H/b22-21+. The third-order valence-electron chi connectivity index (χ3n) is 9.26. The van der Waals surface area contributed by atoms with Crippen LogP contribution >= 0.6 is 0 Å². The Labute approximate surface area is 306 Å². The first-order valence-corrected chi connectivity index (χ1v) is 17.7. The zero-order chi connectivity index (χ0) is 35.0. The minimum Gasteiger partial charge on any atom is -0.311 e. The lowest BCUT2D eigenvalue weighted by atomic mass is 10.0. The molecule has 0 atom stereocenters. The molecule has 2 heteroatoms. The summed E-state index contributed by atoms with van der Waals surface area (Å²) in [5.41, 5.74) is 13.9. The van der Waals surface area contributed by atoms with Crippen LogP contribution in [0.1, 0.15) is 11.1 Å². The van der Waals surface area contributed by atoms with E-state index in [4.69, 9.17) is 0 Å². The maximum Gasteiger partial charge on any atom is 0.0462 e. The van der Waals surface area contributed by atoms with E-state index in [1.54, 1.807) is 0 Å². The molecule has 0 aromatic heterocycles. The van der Waals surface area contributed by atoms with Crippen LogP contribution in [0.5, 0.6) is 0 Å². The van der Waals surface area contributed by atoms with E-state index in [2.05, 4.69) is 240 Å². The van der Waals surface area contributed by atoms with E-state index < -0.39 is 0 Å². The molecule has 0 aliphatic heterocycles. The minimum atomic E-state index is 1.13. The highest BCUT2D eigenvalue weighted by molar-refractivity contribution is 5.80. The van der Waals surface area contributed by atoms with Gasteiger partial charge in [0.2, 0.25) is 0 Å². The van der Waals surface area contributed by atoms with Gasteiger partial charge in [0.1, 0.15) is 0 Å². The van der Waals surface area contributed by atoms with Crippen molar-refractivity contribution in [3.63, 3.8) is 0 Å². The zero-order valence-corrected chi connectivity index (χ0v) is 28.8. The molecular weight excluding hydrogens is 629 g/mol. The Kier molecular flexibility index (Phi) is 9.53. The normalized spacial score (nSPS) is 11.0. The third kappa shape index (κ3) is 7.33. The smallest absolute Gasteiger partial charge is 0.0462 e. The summed E-state index contributed by atoms with van der Waals surface area (Å²) < 4.78 is 0. The number of nitrogens with zero attached hydrogens (tertiary/aromatic N) is 2. The maximum atomic E-state index is 2.28. The summed E-state index contributed by atoms with van der Waals surface area (Å²) in [4.78, 5) is 4.57. The molecule has 52 heavy (non-hydrogen) atoms. The lowest BCUT2D eigenvalue weighted by Crippen LogP contribution is -2.09. The third-order valence-corrected chi connectivity index (χ3v) is 9.26. The van der Waals surface area contributed by atoms with Crippen molar-refractivity contribution in [2.45, 2.75) is 0 Å². The van der Waals surface area contributed by atoms with Gasteiger partial charge in [-0.05, 0) is 106 Å². The average molecular weight is 667 g/mol. The molecule has 0 amide bonds. The summed E-state index contributed by atoms with van der Waals surface area (Å²) in [5, 5.41) is 0. The predicted molar refractivity (Wildman–Crippen MR) is 222 cm³/mol. The summed E-state index contributed by atoms with van der Waals surface area (Å²) >= 11 is 0. The van der Waals surface area contributed by atoms with Gasteiger partial charge in [-0.1, -0.05) is 158 Å². The molecule has 8 aromatic carbocycles. The zero-order valence-electron chi connectivity index (χ0n) is 28.8. The lowest BCUT2D eigenvalue weighted by Gasteiger charge is -2.25. The van der Waals surface area contributed by atoms with Crippen molar-refractivity contribution in [1.82, 2.24) is 0 Å². The highest BCUT2D eigenvalue weighted by Crippen LogP contribution is 2.37. The molecule has 0 aliphatic carbocycles. The summed E-state index contributed by atoms with van der Waals surface area (Å²) in [6, 6.07) is 77.2. The van der Waals surface area contributed by atoms with Gasteiger partial charge in [0.15, 0.2) is 0 Å². The van der Waals surface area contributed by atoms with Gasteiger partial charge in [0.05, 0.1) is 0 Å². The van der Waals surface area contributed by atoms with Crippen LogP contribution in [0.4, 0.5) is 34.1 Å². The Hall–Kier alpha value is -6.90. The monoisotopic (exact) mass is 666 g/mol. The SMILES string of the molecule is C(=C\c1ccc(-c2ccc(N(c3ccccc3)c3ccccc3)cc2)cc1)/c1ccc(-c2ccc(N(c3ccccc3)c3ccccc3)cc2)cc1. The van der Waals surface area contributed by atoms with E-state index in [1.807, 2.05) is 0 Å². The van der Waals surface area contributed by atoms with Crippen molar-refractivity contribution < 1.29 is 0 Å². The van der Waals surface area contributed by atoms with Gasteiger partial charge in [-0.3, -0.25) is 0 Å². The fourth-order valence-corrected chi connectivity index (χ4v) is 6.57. The van der Waals surface area contributed by atoms with Gasteiger partial charge < -0.3 is 9.80 Å². The van der Waals surface area contributed by atoms with Gasteiger partial charge in [0, 0.05) is 34.1 Å². The van der Waals surface area contributed by atoms with Crippen LogP contribution in [0.15, 0.2) is 218 Å². The van der Waals surface area contributed by atoms with Gasteiger partial charge in [-0.2, -0.15) is 0 Å². The minimum absolute atomic E-state index is 1.13. The van der Waals surface area contributed by atoms with Crippen LogP contribution in [-0.2, 0) is 0 Å². The number of benzene rings is 8. The van der Waals surface area contributed by atoms with Crippen molar-refractivity contribution in [1.29, 1.82) is 0 Å². The second-order valence-corrected chi connectivity index (χ2v) is 12.7. The Morgan fingerprint density at radius 1 is 0.212 bits per heavy atom. The van der Waals surface area contributed by atoms with Crippen LogP contribution in [0.2, 0.25) is 0 Å². The van der Waals surface area contributed by atoms with Crippen molar-refractivity contribution in [2.24, 2.45) is 0 Å². The number of anilines is 6. The van der Waals surface area contributed by atoms with Crippen LogP contribution in [0, 0.1) is 0 Å². The fraction of sp³-hybridized carbons (Fsp3) is 0. The summed E-state index contributed by atoms with van der Waals surface area (Å²) in [6.45, 7) is 0.